The lowest BCUT2D eigenvalue weighted by molar-refractivity contribution is -0.0794. The molecule has 0 radical (unpaired) electrons. The molecule has 4 aliphatic carbocycles. The van der Waals surface area contributed by atoms with Gasteiger partial charge in [-0.25, -0.2) is 0 Å². The summed E-state index contributed by atoms with van der Waals surface area (Å²) in [5.41, 5.74) is 7.62. The molecule has 5 heteroatoms. The monoisotopic (exact) mass is 583 g/mol. The van der Waals surface area contributed by atoms with E-state index in [0.717, 1.165) is 60.5 Å². The predicted octanol–water partition coefficient (Wildman–Crippen LogP) is 9.98. The van der Waals surface area contributed by atoms with Gasteiger partial charge in [0.15, 0.2) is 5.11 Å². The standard InChI is InChI=1S/C35H54ClN3S/c1-22(2)8-7-9-24(4)28-14-15-29-27-21-32(38-39-33(40)37-26-12-10-23(3)11-13-26)31-20-25(36)16-18-35(31,6)30(27)17-19-34(28,29)5/h10-13,22,24-25,27-31H,7-9,14-21H2,1-6H3,(H2,37,39,40)/b38-32+/t24-,25+,27+,28-,29+,30+,31-,34-,35-/m1/s1. The zero-order chi connectivity index (χ0) is 28.7. The highest BCUT2D eigenvalue weighted by atomic mass is 35.5. The average Bonchev–Trinajstić information content (AvgIpc) is 3.26. The molecule has 0 unspecified atom stereocenters. The maximum Gasteiger partial charge on any atom is 0.191 e. The van der Waals surface area contributed by atoms with Crippen molar-refractivity contribution in [2.24, 2.45) is 57.4 Å². The maximum absolute atomic E-state index is 6.83. The summed E-state index contributed by atoms with van der Waals surface area (Å²) in [6, 6.07) is 8.35. The highest BCUT2D eigenvalue weighted by molar-refractivity contribution is 7.80. The number of alkyl halides is 1. The molecule has 222 valence electrons. The van der Waals surface area contributed by atoms with Crippen LogP contribution in [0.15, 0.2) is 29.4 Å². The van der Waals surface area contributed by atoms with Crippen LogP contribution in [0.3, 0.4) is 0 Å². The Balaban J connectivity index is 1.35. The number of thiocarbonyl (C=S) groups is 1. The highest BCUT2D eigenvalue weighted by Crippen LogP contribution is 2.68. The molecular formula is C35H54ClN3S. The topological polar surface area (TPSA) is 36.4 Å². The van der Waals surface area contributed by atoms with Gasteiger partial charge in [0.25, 0.3) is 0 Å². The van der Waals surface area contributed by atoms with Crippen LogP contribution < -0.4 is 10.7 Å². The van der Waals surface area contributed by atoms with Crippen LogP contribution in [0.2, 0.25) is 0 Å². The van der Waals surface area contributed by atoms with E-state index in [-0.39, 0.29) is 5.38 Å². The first-order chi connectivity index (χ1) is 19.0. The van der Waals surface area contributed by atoms with Gasteiger partial charge in [0.2, 0.25) is 0 Å². The molecule has 0 aromatic heterocycles. The molecule has 9 atom stereocenters. The van der Waals surface area contributed by atoms with Crippen LogP contribution in [0.25, 0.3) is 0 Å². The van der Waals surface area contributed by atoms with E-state index in [0.29, 0.717) is 21.9 Å². The fraction of sp³-hybridized carbons (Fsp3) is 0.771. The van der Waals surface area contributed by atoms with Crippen molar-refractivity contribution in [3.8, 4) is 0 Å². The van der Waals surface area contributed by atoms with E-state index in [1.165, 1.54) is 62.6 Å². The molecule has 0 spiro atoms. The first kappa shape index (κ1) is 30.3. The number of rotatable bonds is 7. The summed E-state index contributed by atoms with van der Waals surface area (Å²) in [4.78, 5) is 0. The zero-order valence-corrected chi connectivity index (χ0v) is 27.5. The second kappa shape index (κ2) is 12.2. The lowest BCUT2D eigenvalue weighted by atomic mass is 9.44. The van der Waals surface area contributed by atoms with Crippen molar-refractivity contribution in [2.45, 2.75) is 118 Å². The summed E-state index contributed by atoms with van der Waals surface area (Å²) >= 11 is 12.5. The van der Waals surface area contributed by atoms with Crippen LogP contribution in [0.4, 0.5) is 5.69 Å². The van der Waals surface area contributed by atoms with Crippen molar-refractivity contribution in [3.05, 3.63) is 29.8 Å². The Morgan fingerprint density at radius 2 is 1.70 bits per heavy atom. The van der Waals surface area contributed by atoms with E-state index in [2.05, 4.69) is 76.6 Å². The molecule has 0 bridgehead atoms. The van der Waals surface area contributed by atoms with E-state index < -0.39 is 0 Å². The third-order valence-electron chi connectivity index (χ3n) is 12.2. The molecule has 0 amide bonds. The summed E-state index contributed by atoms with van der Waals surface area (Å²) in [7, 11) is 0. The van der Waals surface area contributed by atoms with Crippen molar-refractivity contribution in [1.29, 1.82) is 0 Å². The van der Waals surface area contributed by atoms with Crippen molar-refractivity contribution in [1.82, 2.24) is 5.43 Å². The number of halogens is 1. The second-order valence-electron chi connectivity index (χ2n) is 15.1. The molecule has 0 saturated heterocycles. The quantitative estimate of drug-likeness (QED) is 0.190. The first-order valence-corrected chi connectivity index (χ1v) is 17.2. The number of anilines is 1. The van der Waals surface area contributed by atoms with Crippen LogP contribution in [-0.2, 0) is 0 Å². The summed E-state index contributed by atoms with van der Waals surface area (Å²) in [5, 5.41) is 9.26. The van der Waals surface area contributed by atoms with Gasteiger partial charge in [-0.05, 0) is 129 Å². The minimum Gasteiger partial charge on any atom is -0.331 e. The summed E-state index contributed by atoms with van der Waals surface area (Å²) < 4.78 is 0. The summed E-state index contributed by atoms with van der Waals surface area (Å²) in [6.45, 7) is 14.7. The molecule has 4 saturated carbocycles. The first-order valence-electron chi connectivity index (χ1n) is 16.4. The molecule has 1 aromatic carbocycles. The Kier molecular flexibility index (Phi) is 9.28. The van der Waals surface area contributed by atoms with Gasteiger partial charge in [0.1, 0.15) is 0 Å². The van der Waals surface area contributed by atoms with Gasteiger partial charge in [0.05, 0.1) is 0 Å². The molecule has 40 heavy (non-hydrogen) atoms. The molecule has 0 heterocycles. The zero-order valence-electron chi connectivity index (χ0n) is 25.9. The van der Waals surface area contributed by atoms with Crippen LogP contribution >= 0.6 is 23.8 Å². The van der Waals surface area contributed by atoms with Crippen molar-refractivity contribution >= 4 is 40.3 Å². The minimum atomic E-state index is 0.258. The largest absolute Gasteiger partial charge is 0.331 e. The van der Waals surface area contributed by atoms with E-state index in [1.54, 1.807) is 0 Å². The lowest BCUT2D eigenvalue weighted by Gasteiger charge is -2.61. The van der Waals surface area contributed by atoms with Crippen LogP contribution in [0, 0.1) is 59.2 Å². The van der Waals surface area contributed by atoms with Gasteiger partial charge in [-0.1, -0.05) is 71.6 Å². The Labute approximate surface area is 255 Å². The number of benzene rings is 1. The molecule has 3 nitrogen and oxygen atoms in total. The highest BCUT2D eigenvalue weighted by Gasteiger charge is 2.62. The molecule has 2 N–H and O–H groups in total. The number of aryl methyl sites for hydroxylation is 1. The van der Waals surface area contributed by atoms with Crippen molar-refractivity contribution < 1.29 is 0 Å². The number of fused-ring (bicyclic) bond motifs is 5. The molecule has 4 aliphatic rings. The lowest BCUT2D eigenvalue weighted by Crippen LogP contribution is -2.57. The van der Waals surface area contributed by atoms with Crippen LogP contribution in [0.5, 0.6) is 0 Å². The smallest absolute Gasteiger partial charge is 0.191 e. The van der Waals surface area contributed by atoms with Gasteiger partial charge in [-0.15, -0.1) is 11.6 Å². The molecule has 4 fully saturated rings. The maximum atomic E-state index is 6.83. The molecule has 0 aliphatic heterocycles. The predicted molar refractivity (Wildman–Crippen MR) is 176 cm³/mol. The SMILES string of the molecule is Cc1ccc(NC(=S)N/N=C2\C[C@@H]3[C@H](CC[C@]4(C)[C@@H]([C@H](C)CCCC(C)C)CC[C@@H]34)[C@@]3(C)CC[C@H](Cl)C[C@H]23)cc1. The normalized spacial score (nSPS) is 38.9. The third-order valence-corrected chi connectivity index (χ3v) is 12.8. The van der Waals surface area contributed by atoms with E-state index >= 15 is 0 Å². The van der Waals surface area contributed by atoms with Crippen LogP contribution in [-0.4, -0.2) is 16.2 Å². The van der Waals surface area contributed by atoms with Crippen molar-refractivity contribution in [2.75, 3.05) is 5.32 Å². The fourth-order valence-electron chi connectivity index (χ4n) is 10.1. The van der Waals surface area contributed by atoms with E-state index in [9.17, 15) is 0 Å². The Bertz CT molecular complexity index is 1070. The van der Waals surface area contributed by atoms with Gasteiger partial charge < -0.3 is 5.32 Å². The van der Waals surface area contributed by atoms with Gasteiger partial charge in [-0.3, -0.25) is 5.43 Å². The Hall–Kier alpha value is -1.13. The average molecular weight is 584 g/mol. The molecule has 5 rings (SSSR count). The van der Waals surface area contributed by atoms with E-state index in [4.69, 9.17) is 28.9 Å². The van der Waals surface area contributed by atoms with Crippen molar-refractivity contribution in [3.63, 3.8) is 0 Å². The van der Waals surface area contributed by atoms with E-state index in [1.807, 2.05) is 0 Å². The number of nitrogens with zero attached hydrogens (tertiary/aromatic N) is 1. The number of hydrogen-bond donors (Lipinski definition) is 2. The fourth-order valence-corrected chi connectivity index (χ4v) is 10.5. The second-order valence-corrected chi connectivity index (χ2v) is 16.1. The summed E-state index contributed by atoms with van der Waals surface area (Å²) in [5.74, 6) is 5.34. The Morgan fingerprint density at radius 1 is 1.00 bits per heavy atom. The van der Waals surface area contributed by atoms with Gasteiger partial charge in [-0.2, -0.15) is 5.10 Å². The Morgan fingerprint density at radius 3 is 2.42 bits per heavy atom. The van der Waals surface area contributed by atoms with Crippen LogP contribution in [0.1, 0.15) is 111 Å². The number of hydrazone groups is 1. The molecular weight excluding hydrogens is 530 g/mol. The molecule has 1 aromatic rings. The minimum absolute atomic E-state index is 0.258. The van der Waals surface area contributed by atoms with Gasteiger partial charge >= 0.3 is 0 Å². The number of nitrogens with one attached hydrogen (secondary N) is 2. The summed E-state index contributed by atoms with van der Waals surface area (Å²) in [6.07, 6.45) is 14.3. The third kappa shape index (κ3) is 6.01. The number of hydrogen-bond acceptors (Lipinski definition) is 2. The van der Waals surface area contributed by atoms with Gasteiger partial charge in [0, 0.05) is 22.7 Å².